The molecule has 0 heterocycles. The molecule has 3 heteroatoms. The van der Waals surface area contributed by atoms with Gasteiger partial charge in [0.25, 0.3) is 0 Å². The molecule has 1 unspecified atom stereocenters. The maximum Gasteiger partial charge on any atom is 0.0454 e. The molecule has 0 bridgehead atoms. The van der Waals surface area contributed by atoms with E-state index in [0.29, 0.717) is 0 Å². The third-order valence-corrected chi connectivity index (χ3v) is 2.81. The van der Waals surface area contributed by atoms with Crippen molar-refractivity contribution in [2.24, 2.45) is 5.73 Å². The number of nitrogens with two attached hydrogens (primary N) is 1. The molecule has 1 aromatic rings. The summed E-state index contributed by atoms with van der Waals surface area (Å²) in [5.74, 6) is 0. The third-order valence-electron chi connectivity index (χ3n) is 1.80. The molecular formula is C9H11ClIN. The van der Waals surface area contributed by atoms with Gasteiger partial charge in [-0.05, 0) is 52.8 Å². The van der Waals surface area contributed by atoms with Gasteiger partial charge in [0.15, 0.2) is 0 Å². The summed E-state index contributed by atoms with van der Waals surface area (Å²) in [4.78, 5) is 0. The minimum atomic E-state index is 0.0622. The zero-order valence-corrected chi connectivity index (χ0v) is 9.76. The van der Waals surface area contributed by atoms with Gasteiger partial charge in [-0.25, -0.2) is 0 Å². The number of halogens is 2. The highest BCUT2D eigenvalue weighted by atomic mass is 127. The number of rotatable bonds is 2. The molecular weight excluding hydrogens is 284 g/mol. The van der Waals surface area contributed by atoms with Crippen LogP contribution in [0.2, 0.25) is 5.02 Å². The first kappa shape index (κ1) is 10.3. The predicted molar refractivity (Wildman–Crippen MR) is 61.4 cm³/mol. The van der Waals surface area contributed by atoms with Crippen molar-refractivity contribution in [3.8, 4) is 0 Å². The van der Waals surface area contributed by atoms with Crippen LogP contribution in [0.3, 0.4) is 0 Å². The molecule has 66 valence electrons. The molecule has 0 aliphatic rings. The van der Waals surface area contributed by atoms with Crippen molar-refractivity contribution >= 4 is 34.2 Å². The zero-order chi connectivity index (χ0) is 9.14. The van der Waals surface area contributed by atoms with Crippen LogP contribution < -0.4 is 5.73 Å². The summed E-state index contributed by atoms with van der Waals surface area (Å²) in [5.41, 5.74) is 6.92. The molecule has 0 aliphatic heterocycles. The van der Waals surface area contributed by atoms with E-state index in [1.165, 1.54) is 3.57 Å². The molecule has 1 rings (SSSR count). The summed E-state index contributed by atoms with van der Waals surface area (Å²) in [6, 6.07) is 5.98. The first-order chi connectivity index (χ1) is 5.65. The van der Waals surface area contributed by atoms with Gasteiger partial charge in [-0.2, -0.15) is 0 Å². The second-order valence-corrected chi connectivity index (χ2v) is 4.33. The maximum absolute atomic E-state index is 5.99. The number of benzene rings is 1. The molecule has 0 saturated carbocycles. The average Bonchev–Trinajstić information content (AvgIpc) is 2.08. The SMILES string of the molecule is CCC(N)c1cc(I)ccc1Cl. The van der Waals surface area contributed by atoms with E-state index in [9.17, 15) is 0 Å². The van der Waals surface area contributed by atoms with Crippen molar-refractivity contribution in [1.29, 1.82) is 0 Å². The van der Waals surface area contributed by atoms with Crippen LogP contribution in [0.15, 0.2) is 18.2 Å². The molecule has 0 saturated heterocycles. The Morgan fingerprint density at radius 3 is 2.83 bits per heavy atom. The van der Waals surface area contributed by atoms with Crippen molar-refractivity contribution in [3.63, 3.8) is 0 Å². The van der Waals surface area contributed by atoms with Gasteiger partial charge >= 0.3 is 0 Å². The highest BCUT2D eigenvalue weighted by Crippen LogP contribution is 2.25. The van der Waals surface area contributed by atoms with E-state index in [4.69, 9.17) is 17.3 Å². The quantitative estimate of drug-likeness (QED) is 0.832. The molecule has 0 amide bonds. The molecule has 0 aliphatic carbocycles. The molecule has 0 radical (unpaired) electrons. The molecule has 1 aromatic carbocycles. The van der Waals surface area contributed by atoms with E-state index in [0.717, 1.165) is 17.0 Å². The molecule has 0 spiro atoms. The predicted octanol–water partition coefficient (Wildman–Crippen LogP) is 3.35. The lowest BCUT2D eigenvalue weighted by atomic mass is 10.1. The molecule has 2 N–H and O–H groups in total. The first-order valence-electron chi connectivity index (χ1n) is 3.85. The monoisotopic (exact) mass is 295 g/mol. The van der Waals surface area contributed by atoms with Crippen molar-refractivity contribution in [2.45, 2.75) is 19.4 Å². The van der Waals surface area contributed by atoms with Crippen LogP contribution in [0.25, 0.3) is 0 Å². The largest absolute Gasteiger partial charge is 0.324 e. The average molecular weight is 296 g/mol. The Morgan fingerprint density at radius 2 is 2.25 bits per heavy atom. The summed E-state index contributed by atoms with van der Waals surface area (Å²) < 4.78 is 1.18. The van der Waals surface area contributed by atoms with Gasteiger partial charge in [-0.1, -0.05) is 18.5 Å². The van der Waals surface area contributed by atoms with Crippen molar-refractivity contribution in [1.82, 2.24) is 0 Å². The first-order valence-corrected chi connectivity index (χ1v) is 5.31. The minimum absolute atomic E-state index is 0.0622. The van der Waals surface area contributed by atoms with E-state index in [-0.39, 0.29) is 6.04 Å². The summed E-state index contributed by atoms with van der Waals surface area (Å²) in [6.07, 6.45) is 0.916. The Balaban J connectivity index is 3.04. The van der Waals surface area contributed by atoms with Crippen molar-refractivity contribution in [2.75, 3.05) is 0 Å². The molecule has 1 nitrogen and oxygen atoms in total. The van der Waals surface area contributed by atoms with Crippen LogP contribution in [0.4, 0.5) is 0 Å². The van der Waals surface area contributed by atoms with Crippen molar-refractivity contribution < 1.29 is 0 Å². The number of hydrogen-bond donors (Lipinski definition) is 1. The highest BCUT2D eigenvalue weighted by molar-refractivity contribution is 14.1. The lowest BCUT2D eigenvalue weighted by Gasteiger charge is -2.11. The van der Waals surface area contributed by atoms with Gasteiger partial charge in [0.1, 0.15) is 0 Å². The number of hydrogen-bond acceptors (Lipinski definition) is 1. The van der Waals surface area contributed by atoms with Crippen LogP contribution in [-0.4, -0.2) is 0 Å². The van der Waals surface area contributed by atoms with Crippen LogP contribution in [0.5, 0.6) is 0 Å². The zero-order valence-electron chi connectivity index (χ0n) is 6.85. The standard InChI is InChI=1S/C9H11ClIN/c1-2-9(12)7-5-6(11)3-4-8(7)10/h3-5,9H,2,12H2,1H3. The van der Waals surface area contributed by atoms with E-state index in [1.54, 1.807) is 0 Å². The molecule has 0 fully saturated rings. The van der Waals surface area contributed by atoms with E-state index < -0.39 is 0 Å². The summed E-state index contributed by atoms with van der Waals surface area (Å²) in [7, 11) is 0. The fourth-order valence-electron chi connectivity index (χ4n) is 1.02. The van der Waals surface area contributed by atoms with Gasteiger partial charge in [0.2, 0.25) is 0 Å². The van der Waals surface area contributed by atoms with Crippen LogP contribution in [-0.2, 0) is 0 Å². The van der Waals surface area contributed by atoms with Gasteiger partial charge in [0.05, 0.1) is 0 Å². The topological polar surface area (TPSA) is 26.0 Å². The van der Waals surface area contributed by atoms with Crippen LogP contribution in [0.1, 0.15) is 24.9 Å². The Bertz CT molecular complexity index is 275. The van der Waals surface area contributed by atoms with Crippen molar-refractivity contribution in [3.05, 3.63) is 32.4 Å². The smallest absolute Gasteiger partial charge is 0.0454 e. The normalized spacial score (nSPS) is 13.0. The van der Waals surface area contributed by atoms with Crippen LogP contribution >= 0.6 is 34.2 Å². The molecule has 12 heavy (non-hydrogen) atoms. The fraction of sp³-hybridized carbons (Fsp3) is 0.333. The summed E-state index contributed by atoms with van der Waals surface area (Å²) >= 11 is 8.24. The van der Waals surface area contributed by atoms with E-state index in [2.05, 4.69) is 29.5 Å². The van der Waals surface area contributed by atoms with E-state index >= 15 is 0 Å². The fourth-order valence-corrected chi connectivity index (χ4v) is 1.79. The van der Waals surface area contributed by atoms with Crippen LogP contribution in [0, 0.1) is 3.57 Å². The molecule has 1 atom stereocenters. The van der Waals surface area contributed by atoms with Gasteiger partial charge in [-0.15, -0.1) is 0 Å². The van der Waals surface area contributed by atoms with Gasteiger partial charge in [-0.3, -0.25) is 0 Å². The Kier molecular flexibility index (Phi) is 3.80. The summed E-state index contributed by atoms with van der Waals surface area (Å²) in [6.45, 7) is 2.06. The summed E-state index contributed by atoms with van der Waals surface area (Å²) in [5, 5.41) is 0.768. The lowest BCUT2D eigenvalue weighted by Crippen LogP contribution is -2.09. The highest BCUT2D eigenvalue weighted by Gasteiger charge is 2.07. The van der Waals surface area contributed by atoms with E-state index in [1.807, 2.05) is 18.2 Å². The second-order valence-electron chi connectivity index (χ2n) is 2.68. The Morgan fingerprint density at radius 1 is 1.58 bits per heavy atom. The maximum atomic E-state index is 5.99. The lowest BCUT2D eigenvalue weighted by molar-refractivity contribution is 0.698. The Labute approximate surface area is 91.4 Å². The third kappa shape index (κ3) is 2.34. The van der Waals surface area contributed by atoms with Gasteiger partial charge in [0, 0.05) is 14.6 Å². The van der Waals surface area contributed by atoms with Gasteiger partial charge < -0.3 is 5.73 Å². The Hall–Kier alpha value is 0.200. The molecule has 0 aromatic heterocycles. The minimum Gasteiger partial charge on any atom is -0.324 e. The second kappa shape index (κ2) is 4.44.